The second kappa shape index (κ2) is 8.18. The number of aryl methyl sites for hydroxylation is 2. The van der Waals surface area contributed by atoms with E-state index in [9.17, 15) is 9.59 Å². The third kappa shape index (κ3) is 3.96. The Morgan fingerprint density at radius 2 is 2.03 bits per heavy atom. The highest BCUT2D eigenvalue weighted by atomic mass is 32.1. The third-order valence-electron chi connectivity index (χ3n) is 5.46. The summed E-state index contributed by atoms with van der Waals surface area (Å²) in [4.78, 5) is 32.7. The van der Waals surface area contributed by atoms with Crippen molar-refractivity contribution in [1.82, 2.24) is 25.0 Å². The van der Waals surface area contributed by atoms with E-state index >= 15 is 0 Å². The predicted octanol–water partition coefficient (Wildman–Crippen LogP) is 3.26. The number of rotatable bonds is 5. The van der Waals surface area contributed by atoms with E-state index in [-0.39, 0.29) is 30.3 Å². The number of hydrogen-bond donors (Lipinski definition) is 1. The fourth-order valence-electron chi connectivity index (χ4n) is 4.13. The first-order chi connectivity index (χ1) is 14.3. The summed E-state index contributed by atoms with van der Waals surface area (Å²) in [6, 6.07) is 8.23. The number of thiophene rings is 1. The van der Waals surface area contributed by atoms with Gasteiger partial charge in [-0.25, -0.2) is 9.67 Å². The van der Waals surface area contributed by atoms with Crippen LogP contribution in [0, 0.1) is 13.8 Å². The first-order valence-corrected chi connectivity index (χ1v) is 11.1. The SMILES string of the molecule is Cc1nc(C)n(CC(=O)N2CC[C@@H](c3c(C(=O)NC(C)C)sc4ccccc34)C2)n1. The molecule has 3 aromatic rings. The van der Waals surface area contributed by atoms with Gasteiger partial charge in [-0.1, -0.05) is 18.2 Å². The smallest absolute Gasteiger partial charge is 0.261 e. The maximum atomic E-state index is 12.9. The minimum absolute atomic E-state index is 0.0281. The molecule has 2 amide bonds. The van der Waals surface area contributed by atoms with Gasteiger partial charge in [0.25, 0.3) is 5.91 Å². The minimum Gasteiger partial charge on any atom is -0.349 e. The van der Waals surface area contributed by atoms with Crippen LogP contribution in [-0.4, -0.2) is 50.6 Å². The van der Waals surface area contributed by atoms with Crippen molar-refractivity contribution < 1.29 is 9.59 Å². The Kier molecular flexibility index (Phi) is 5.60. The van der Waals surface area contributed by atoms with E-state index in [0.717, 1.165) is 32.8 Å². The number of amides is 2. The van der Waals surface area contributed by atoms with Crippen LogP contribution in [0.5, 0.6) is 0 Å². The van der Waals surface area contributed by atoms with E-state index < -0.39 is 0 Å². The van der Waals surface area contributed by atoms with Gasteiger partial charge in [-0.15, -0.1) is 11.3 Å². The van der Waals surface area contributed by atoms with Crippen molar-refractivity contribution in [2.24, 2.45) is 0 Å². The highest BCUT2D eigenvalue weighted by molar-refractivity contribution is 7.21. The lowest BCUT2D eigenvalue weighted by atomic mass is 9.95. The van der Waals surface area contributed by atoms with Crippen LogP contribution < -0.4 is 5.32 Å². The van der Waals surface area contributed by atoms with E-state index in [2.05, 4.69) is 27.5 Å². The molecule has 30 heavy (non-hydrogen) atoms. The second-order valence-electron chi connectivity index (χ2n) is 8.16. The highest BCUT2D eigenvalue weighted by Crippen LogP contribution is 2.40. The monoisotopic (exact) mass is 425 g/mol. The largest absolute Gasteiger partial charge is 0.349 e. The normalized spacial score (nSPS) is 16.6. The van der Waals surface area contributed by atoms with Crippen molar-refractivity contribution in [3.05, 3.63) is 46.4 Å². The van der Waals surface area contributed by atoms with Gasteiger partial charge in [0, 0.05) is 29.7 Å². The molecule has 3 heterocycles. The standard InChI is InChI=1S/C22H27N5O2S/c1-13(2)23-22(29)21-20(17-7-5-6-8-18(17)30-21)16-9-10-26(11-16)19(28)12-27-15(4)24-14(3)25-27/h5-8,13,16H,9-12H2,1-4H3,(H,23,29)/t16-/m1/s1. The Balaban J connectivity index is 1.58. The molecule has 1 aromatic carbocycles. The van der Waals surface area contributed by atoms with Crippen LogP contribution in [-0.2, 0) is 11.3 Å². The van der Waals surface area contributed by atoms with Gasteiger partial charge in [0.2, 0.25) is 5.91 Å². The third-order valence-corrected chi connectivity index (χ3v) is 6.64. The van der Waals surface area contributed by atoms with E-state index in [1.807, 2.05) is 44.7 Å². The fraction of sp³-hybridized carbons (Fsp3) is 0.455. The van der Waals surface area contributed by atoms with E-state index in [1.165, 1.54) is 11.3 Å². The number of nitrogens with one attached hydrogen (secondary N) is 1. The predicted molar refractivity (Wildman–Crippen MR) is 118 cm³/mol. The Morgan fingerprint density at radius 1 is 1.27 bits per heavy atom. The molecule has 0 radical (unpaired) electrons. The van der Waals surface area contributed by atoms with Crippen molar-refractivity contribution in [3.8, 4) is 0 Å². The molecule has 1 atom stereocenters. The lowest BCUT2D eigenvalue weighted by Gasteiger charge is -2.18. The Labute approximate surface area is 180 Å². The molecule has 2 aromatic heterocycles. The van der Waals surface area contributed by atoms with Crippen LogP contribution in [0.25, 0.3) is 10.1 Å². The van der Waals surface area contributed by atoms with Crippen LogP contribution in [0.4, 0.5) is 0 Å². The van der Waals surface area contributed by atoms with Gasteiger partial charge in [-0.3, -0.25) is 9.59 Å². The van der Waals surface area contributed by atoms with Crippen molar-refractivity contribution in [2.75, 3.05) is 13.1 Å². The molecule has 8 heteroatoms. The van der Waals surface area contributed by atoms with Crippen molar-refractivity contribution >= 4 is 33.2 Å². The number of likely N-dealkylation sites (tertiary alicyclic amines) is 1. The summed E-state index contributed by atoms with van der Waals surface area (Å²) in [5.74, 6) is 1.58. The first kappa shape index (κ1) is 20.5. The van der Waals surface area contributed by atoms with Gasteiger partial charge < -0.3 is 10.2 Å². The van der Waals surface area contributed by atoms with Gasteiger partial charge in [0.1, 0.15) is 18.2 Å². The molecule has 7 nitrogen and oxygen atoms in total. The average molecular weight is 426 g/mol. The van der Waals surface area contributed by atoms with Crippen LogP contribution >= 0.6 is 11.3 Å². The molecule has 4 rings (SSSR count). The maximum Gasteiger partial charge on any atom is 0.261 e. The zero-order chi connectivity index (χ0) is 21.4. The van der Waals surface area contributed by atoms with Crippen LogP contribution in [0.2, 0.25) is 0 Å². The Morgan fingerprint density at radius 3 is 2.73 bits per heavy atom. The molecule has 0 spiro atoms. The van der Waals surface area contributed by atoms with Gasteiger partial charge in [-0.2, -0.15) is 5.10 Å². The summed E-state index contributed by atoms with van der Waals surface area (Å²) in [6.45, 7) is 9.12. The molecular weight excluding hydrogens is 398 g/mol. The summed E-state index contributed by atoms with van der Waals surface area (Å²) in [6.07, 6.45) is 0.851. The highest BCUT2D eigenvalue weighted by Gasteiger charge is 2.32. The zero-order valence-electron chi connectivity index (χ0n) is 17.8. The average Bonchev–Trinajstić information content (AvgIpc) is 3.38. The quantitative estimate of drug-likeness (QED) is 0.680. The first-order valence-electron chi connectivity index (χ1n) is 10.3. The molecule has 0 bridgehead atoms. The van der Waals surface area contributed by atoms with Crippen molar-refractivity contribution in [1.29, 1.82) is 0 Å². The number of benzene rings is 1. The molecule has 1 aliphatic heterocycles. The second-order valence-corrected chi connectivity index (χ2v) is 9.21. The molecular formula is C22H27N5O2S. The fourth-order valence-corrected chi connectivity index (χ4v) is 5.32. The number of aromatic nitrogens is 3. The lowest BCUT2D eigenvalue weighted by Crippen LogP contribution is -2.33. The Bertz CT molecular complexity index is 1100. The summed E-state index contributed by atoms with van der Waals surface area (Å²) in [7, 11) is 0. The van der Waals surface area contributed by atoms with Crippen molar-refractivity contribution in [3.63, 3.8) is 0 Å². The molecule has 0 saturated carbocycles. The molecule has 1 saturated heterocycles. The molecule has 1 N–H and O–H groups in total. The Hall–Kier alpha value is -2.74. The topological polar surface area (TPSA) is 80.1 Å². The number of hydrogen-bond acceptors (Lipinski definition) is 5. The summed E-state index contributed by atoms with van der Waals surface area (Å²) in [5, 5.41) is 8.46. The molecule has 1 fully saturated rings. The van der Waals surface area contributed by atoms with Gasteiger partial charge >= 0.3 is 0 Å². The molecule has 0 aliphatic carbocycles. The summed E-state index contributed by atoms with van der Waals surface area (Å²) < 4.78 is 2.77. The summed E-state index contributed by atoms with van der Waals surface area (Å²) in [5.41, 5.74) is 1.08. The molecule has 0 unspecified atom stereocenters. The van der Waals surface area contributed by atoms with Crippen molar-refractivity contribution in [2.45, 2.75) is 52.6 Å². The van der Waals surface area contributed by atoms with Gasteiger partial charge in [-0.05, 0) is 51.1 Å². The molecule has 1 aliphatic rings. The number of fused-ring (bicyclic) bond motifs is 1. The zero-order valence-corrected chi connectivity index (χ0v) is 18.6. The van der Waals surface area contributed by atoms with E-state index in [0.29, 0.717) is 18.9 Å². The van der Waals surface area contributed by atoms with Gasteiger partial charge in [0.15, 0.2) is 0 Å². The maximum absolute atomic E-state index is 12.9. The van der Waals surface area contributed by atoms with Crippen LogP contribution in [0.15, 0.2) is 24.3 Å². The van der Waals surface area contributed by atoms with Crippen LogP contribution in [0.1, 0.15) is 53.1 Å². The van der Waals surface area contributed by atoms with E-state index in [1.54, 1.807) is 4.68 Å². The number of carbonyl (C=O) groups is 2. The minimum atomic E-state index is -0.0281. The molecule has 158 valence electrons. The van der Waals surface area contributed by atoms with Crippen LogP contribution in [0.3, 0.4) is 0 Å². The lowest BCUT2D eigenvalue weighted by molar-refractivity contribution is -0.131. The number of carbonyl (C=O) groups excluding carboxylic acids is 2. The van der Waals surface area contributed by atoms with E-state index in [4.69, 9.17) is 0 Å². The van der Waals surface area contributed by atoms with Gasteiger partial charge in [0.05, 0.1) is 4.88 Å². The summed E-state index contributed by atoms with van der Waals surface area (Å²) >= 11 is 1.54. The number of nitrogens with zero attached hydrogens (tertiary/aromatic N) is 4.